The molecule has 0 aliphatic carbocycles. The first-order valence-corrected chi connectivity index (χ1v) is 21.4. The second-order valence-electron chi connectivity index (χ2n) is 7.46. The third kappa shape index (κ3) is 1.76. The van der Waals surface area contributed by atoms with Crippen molar-refractivity contribution >= 4 is 29.4 Å². The summed E-state index contributed by atoms with van der Waals surface area (Å²) in [5.41, 5.74) is 3.28. The van der Waals surface area contributed by atoms with Crippen LogP contribution in [0.15, 0.2) is 0 Å². The van der Waals surface area contributed by atoms with Gasteiger partial charge in [0.05, 0.1) is 0 Å². The van der Waals surface area contributed by atoms with Gasteiger partial charge in [-0.2, -0.15) is 0 Å². The van der Waals surface area contributed by atoms with E-state index < -0.39 is 29.4 Å². The van der Waals surface area contributed by atoms with Crippen molar-refractivity contribution in [3.8, 4) is 12.0 Å². The lowest BCUT2D eigenvalue weighted by Crippen LogP contribution is -2.78. The predicted molar refractivity (Wildman–Crippen MR) is 87.1 cm³/mol. The van der Waals surface area contributed by atoms with E-state index in [1.807, 2.05) is 0 Å². The summed E-state index contributed by atoms with van der Waals surface area (Å²) in [6, 6.07) is 3.19. The minimum atomic E-state index is -1.37. The number of hydrogen-bond acceptors (Lipinski definition) is 0. The highest BCUT2D eigenvalue weighted by molar-refractivity contribution is 7.84. The molecular weight excluding hydrogens is 256 g/mol. The monoisotopic (exact) mass is 284 g/mol. The zero-order valence-electron chi connectivity index (χ0n) is 12.2. The van der Waals surface area contributed by atoms with E-state index in [2.05, 4.69) is 51.4 Å². The molecule has 1 saturated heterocycles. The Hall–Kier alpha value is 0.428. The standard InChI is InChI=1S/C12H28Si4/c1-9-13(2,3)15(6,7)16(8)12-10-11-14(16,4)5/h1H,10-12H2,2-8H3. The molecule has 1 atom stereocenters. The van der Waals surface area contributed by atoms with Gasteiger partial charge in [0.1, 0.15) is 7.59 Å². The fraction of sp³-hybridized carbons (Fsp3) is 0.833. The van der Waals surface area contributed by atoms with E-state index in [0.717, 1.165) is 0 Å². The number of rotatable bonds is 2. The maximum atomic E-state index is 5.89. The molecular formula is C12H28Si4. The lowest BCUT2D eigenvalue weighted by atomic mass is 10.6. The SMILES string of the molecule is C#C[Si](C)(C)[Si](C)(C)[Si]1(C)CCC[Si]1(C)C. The van der Waals surface area contributed by atoms with E-state index in [1.165, 1.54) is 6.42 Å². The van der Waals surface area contributed by atoms with Crippen molar-refractivity contribution in [3.63, 3.8) is 0 Å². The molecule has 0 saturated carbocycles. The van der Waals surface area contributed by atoms with Gasteiger partial charge in [-0.15, -0.1) is 12.0 Å². The molecule has 16 heavy (non-hydrogen) atoms. The Kier molecular flexibility index (Phi) is 3.60. The summed E-state index contributed by atoms with van der Waals surface area (Å²) < 4.78 is 0. The van der Waals surface area contributed by atoms with E-state index in [-0.39, 0.29) is 0 Å². The van der Waals surface area contributed by atoms with Crippen LogP contribution in [-0.2, 0) is 0 Å². The van der Waals surface area contributed by atoms with Gasteiger partial charge in [-0.05, 0) is 0 Å². The minimum absolute atomic E-state index is 0.915. The third-order valence-corrected chi connectivity index (χ3v) is 72.7. The van der Waals surface area contributed by atoms with Gasteiger partial charge in [0.25, 0.3) is 0 Å². The molecule has 0 aromatic heterocycles. The van der Waals surface area contributed by atoms with Crippen molar-refractivity contribution in [2.75, 3.05) is 0 Å². The molecule has 0 nitrogen and oxygen atoms in total. The Morgan fingerprint density at radius 2 is 1.50 bits per heavy atom. The van der Waals surface area contributed by atoms with Crippen molar-refractivity contribution in [1.82, 2.24) is 0 Å². The van der Waals surface area contributed by atoms with Crippen LogP contribution in [0.1, 0.15) is 6.42 Å². The van der Waals surface area contributed by atoms with Crippen molar-refractivity contribution in [1.29, 1.82) is 0 Å². The van der Waals surface area contributed by atoms with Crippen LogP contribution in [0, 0.1) is 12.0 Å². The van der Waals surface area contributed by atoms with Gasteiger partial charge in [0, 0.05) is 21.8 Å². The number of hydrogen-bond donors (Lipinski definition) is 0. The molecule has 0 spiro atoms. The third-order valence-electron chi connectivity index (χ3n) is 6.28. The predicted octanol–water partition coefficient (Wildman–Crippen LogP) is 4.00. The summed E-state index contributed by atoms with van der Waals surface area (Å²) in [6.07, 6.45) is 7.41. The second-order valence-corrected chi connectivity index (χ2v) is 46.6. The van der Waals surface area contributed by atoms with Gasteiger partial charge in [-0.25, -0.2) is 0 Å². The van der Waals surface area contributed by atoms with Crippen molar-refractivity contribution < 1.29 is 0 Å². The van der Waals surface area contributed by atoms with Crippen LogP contribution >= 0.6 is 0 Å². The van der Waals surface area contributed by atoms with Crippen molar-refractivity contribution in [2.24, 2.45) is 0 Å². The van der Waals surface area contributed by atoms with Gasteiger partial charge >= 0.3 is 0 Å². The molecule has 0 radical (unpaired) electrons. The molecule has 4 heteroatoms. The average molecular weight is 285 g/mol. The number of terminal acetylenes is 1. The van der Waals surface area contributed by atoms with E-state index in [9.17, 15) is 0 Å². The van der Waals surface area contributed by atoms with Crippen LogP contribution in [-0.4, -0.2) is 29.4 Å². The molecule has 0 amide bonds. The van der Waals surface area contributed by atoms with Gasteiger partial charge in [-0.1, -0.05) is 64.3 Å². The lowest BCUT2D eigenvalue weighted by molar-refractivity contribution is 1.08. The van der Waals surface area contributed by atoms with Gasteiger partial charge in [0.15, 0.2) is 0 Å². The molecule has 1 fully saturated rings. The van der Waals surface area contributed by atoms with Gasteiger partial charge in [0.2, 0.25) is 0 Å². The molecule has 1 aliphatic heterocycles. The highest BCUT2D eigenvalue weighted by Crippen LogP contribution is 2.45. The zero-order chi connectivity index (χ0) is 12.8. The van der Waals surface area contributed by atoms with Crippen LogP contribution in [0.2, 0.25) is 57.9 Å². The summed E-state index contributed by atoms with van der Waals surface area (Å²) in [5.74, 6) is 0. The molecule has 1 aliphatic rings. The first kappa shape index (κ1) is 14.5. The summed E-state index contributed by atoms with van der Waals surface area (Å²) in [7, 11) is -4.44. The Balaban J connectivity index is 3.24. The largest absolute Gasteiger partial charge is 0.139 e. The van der Waals surface area contributed by atoms with Crippen molar-refractivity contribution in [2.45, 2.75) is 64.3 Å². The zero-order valence-corrected chi connectivity index (χ0v) is 16.2. The van der Waals surface area contributed by atoms with Gasteiger partial charge in [-0.3, -0.25) is 0 Å². The topological polar surface area (TPSA) is 0 Å². The molecule has 0 aromatic rings. The van der Waals surface area contributed by atoms with Crippen LogP contribution in [0.25, 0.3) is 0 Å². The first-order valence-electron chi connectivity index (χ1n) is 6.50. The Morgan fingerprint density at radius 1 is 1.00 bits per heavy atom. The normalized spacial score (nSPS) is 30.1. The summed E-state index contributed by atoms with van der Waals surface area (Å²) in [4.78, 5) is 0. The first-order chi connectivity index (χ1) is 7.02. The molecule has 1 rings (SSSR count). The highest BCUT2D eigenvalue weighted by Gasteiger charge is 2.62. The average Bonchev–Trinajstić information content (AvgIpc) is 2.42. The van der Waals surface area contributed by atoms with E-state index in [0.29, 0.717) is 0 Å². The fourth-order valence-electron chi connectivity index (χ4n) is 3.53. The summed E-state index contributed by atoms with van der Waals surface area (Å²) >= 11 is 0. The molecule has 0 N–H and O–H groups in total. The van der Waals surface area contributed by atoms with Gasteiger partial charge < -0.3 is 0 Å². The summed E-state index contributed by atoms with van der Waals surface area (Å²) in [5, 5.41) is 0. The van der Waals surface area contributed by atoms with E-state index in [4.69, 9.17) is 6.42 Å². The van der Waals surface area contributed by atoms with E-state index >= 15 is 0 Å². The lowest BCUT2D eigenvalue weighted by Gasteiger charge is -2.52. The molecule has 0 aromatic carbocycles. The molecule has 1 heterocycles. The fourth-order valence-corrected chi connectivity index (χ4v) is 76.7. The smallest absolute Gasteiger partial charge is 0.120 e. The molecule has 0 bridgehead atoms. The van der Waals surface area contributed by atoms with Crippen LogP contribution < -0.4 is 0 Å². The maximum Gasteiger partial charge on any atom is 0.120 e. The molecule has 92 valence electrons. The van der Waals surface area contributed by atoms with Crippen LogP contribution in [0.5, 0.6) is 0 Å². The van der Waals surface area contributed by atoms with Crippen molar-refractivity contribution in [3.05, 3.63) is 0 Å². The minimum Gasteiger partial charge on any atom is -0.139 e. The highest BCUT2D eigenvalue weighted by atomic mass is 29.8. The van der Waals surface area contributed by atoms with E-state index in [1.54, 1.807) is 12.1 Å². The van der Waals surface area contributed by atoms with Crippen LogP contribution in [0.3, 0.4) is 0 Å². The Labute approximate surface area is 106 Å². The quantitative estimate of drug-likeness (QED) is 0.531. The molecule has 1 unspecified atom stereocenters. The van der Waals surface area contributed by atoms with Crippen LogP contribution in [0.4, 0.5) is 0 Å². The Morgan fingerprint density at radius 3 is 1.81 bits per heavy atom. The Bertz CT molecular complexity index is 324. The second kappa shape index (κ2) is 3.97. The summed E-state index contributed by atoms with van der Waals surface area (Å²) in [6.45, 7) is 18.3. The maximum absolute atomic E-state index is 5.89.